The molecule has 3 unspecified atom stereocenters. The summed E-state index contributed by atoms with van der Waals surface area (Å²) in [5.41, 5.74) is 2.57. The summed E-state index contributed by atoms with van der Waals surface area (Å²) in [5.74, 6) is 1.88. The Morgan fingerprint density at radius 2 is 2.00 bits per heavy atom. The molecule has 1 aromatic rings. The van der Waals surface area contributed by atoms with Crippen LogP contribution in [-0.2, 0) is 6.42 Å². The smallest absolute Gasteiger partial charge is 0.115 e. The quantitative estimate of drug-likeness (QED) is 0.687. The largest absolute Gasteiger partial charge is 0.508 e. The van der Waals surface area contributed by atoms with Crippen LogP contribution in [0.4, 0.5) is 0 Å². The van der Waals surface area contributed by atoms with Crippen molar-refractivity contribution < 1.29 is 15.3 Å². The SMILES string of the molecule is C[C@]12CCC3c4ccc(O)cc4CCC3C1C[C@H](O)[C@H]2O. The lowest BCUT2D eigenvalue weighted by molar-refractivity contribution is -0.0505. The number of hydrogen-bond donors (Lipinski definition) is 3. The summed E-state index contributed by atoms with van der Waals surface area (Å²) in [6.45, 7) is 2.17. The molecule has 2 fully saturated rings. The molecule has 0 amide bonds. The van der Waals surface area contributed by atoms with E-state index in [0.29, 0.717) is 23.5 Å². The minimum Gasteiger partial charge on any atom is -0.508 e. The van der Waals surface area contributed by atoms with Crippen LogP contribution in [0.1, 0.15) is 49.7 Å². The molecule has 0 radical (unpaired) electrons. The van der Waals surface area contributed by atoms with Crippen molar-refractivity contribution in [1.29, 1.82) is 0 Å². The van der Waals surface area contributed by atoms with Crippen molar-refractivity contribution in [3.63, 3.8) is 0 Å². The second-order valence-corrected chi connectivity index (χ2v) is 7.59. The third-order valence-corrected chi connectivity index (χ3v) is 6.68. The number of aryl methyl sites for hydroxylation is 1. The number of hydrogen-bond acceptors (Lipinski definition) is 3. The zero-order chi connectivity index (χ0) is 14.8. The van der Waals surface area contributed by atoms with Gasteiger partial charge in [-0.3, -0.25) is 0 Å². The van der Waals surface area contributed by atoms with Gasteiger partial charge in [0.2, 0.25) is 0 Å². The van der Waals surface area contributed by atoms with Crippen LogP contribution < -0.4 is 0 Å². The van der Waals surface area contributed by atoms with Crippen molar-refractivity contribution in [2.24, 2.45) is 17.3 Å². The van der Waals surface area contributed by atoms with Gasteiger partial charge in [0.05, 0.1) is 12.2 Å². The number of rotatable bonds is 0. The van der Waals surface area contributed by atoms with E-state index in [-0.39, 0.29) is 5.41 Å². The van der Waals surface area contributed by atoms with E-state index < -0.39 is 12.2 Å². The fourth-order valence-electron chi connectivity index (χ4n) is 5.56. The number of phenols is 1. The highest BCUT2D eigenvalue weighted by Gasteiger charge is 2.57. The number of phenolic OH excluding ortho intramolecular Hbond substituents is 1. The molecule has 3 N–H and O–H groups in total. The predicted molar refractivity (Wildman–Crippen MR) is 80.1 cm³/mol. The Kier molecular flexibility index (Phi) is 2.89. The lowest BCUT2D eigenvalue weighted by atomic mass is 9.55. The van der Waals surface area contributed by atoms with Gasteiger partial charge in [0.1, 0.15) is 5.75 Å². The average Bonchev–Trinajstić information content (AvgIpc) is 2.70. The highest BCUT2D eigenvalue weighted by Crippen LogP contribution is 2.60. The first kappa shape index (κ1) is 13.6. The molecule has 3 nitrogen and oxygen atoms in total. The Hall–Kier alpha value is -1.06. The number of aliphatic hydroxyl groups is 2. The van der Waals surface area contributed by atoms with Gasteiger partial charge in [0.25, 0.3) is 0 Å². The van der Waals surface area contributed by atoms with E-state index in [4.69, 9.17) is 0 Å². The zero-order valence-electron chi connectivity index (χ0n) is 12.5. The number of benzene rings is 1. The third-order valence-electron chi connectivity index (χ3n) is 6.68. The molecule has 2 saturated carbocycles. The first-order chi connectivity index (χ1) is 10.0. The molecule has 114 valence electrons. The van der Waals surface area contributed by atoms with Crippen molar-refractivity contribution in [2.75, 3.05) is 0 Å². The first-order valence-electron chi connectivity index (χ1n) is 8.18. The summed E-state index contributed by atoms with van der Waals surface area (Å²) < 4.78 is 0. The summed E-state index contributed by atoms with van der Waals surface area (Å²) in [5, 5.41) is 30.2. The van der Waals surface area contributed by atoms with Crippen molar-refractivity contribution in [2.45, 2.75) is 57.2 Å². The highest BCUT2D eigenvalue weighted by molar-refractivity contribution is 5.40. The minimum atomic E-state index is -0.565. The Bertz CT molecular complexity index is 570. The lowest BCUT2D eigenvalue weighted by Crippen LogP contribution is -2.44. The number of fused-ring (bicyclic) bond motifs is 5. The summed E-state index contributed by atoms with van der Waals surface area (Å²) in [6, 6.07) is 5.80. The number of aromatic hydroxyl groups is 1. The number of aliphatic hydroxyl groups excluding tert-OH is 2. The van der Waals surface area contributed by atoms with Crippen LogP contribution in [0.25, 0.3) is 0 Å². The van der Waals surface area contributed by atoms with Crippen molar-refractivity contribution in [3.8, 4) is 5.75 Å². The molecule has 1 aromatic carbocycles. The van der Waals surface area contributed by atoms with E-state index in [0.717, 1.165) is 32.1 Å². The summed E-state index contributed by atoms with van der Waals surface area (Å²) in [4.78, 5) is 0. The van der Waals surface area contributed by atoms with E-state index in [1.807, 2.05) is 6.07 Å². The molecule has 0 saturated heterocycles. The van der Waals surface area contributed by atoms with Gasteiger partial charge >= 0.3 is 0 Å². The van der Waals surface area contributed by atoms with Crippen LogP contribution in [0.15, 0.2) is 18.2 Å². The molecule has 0 bridgehead atoms. The molecule has 0 spiro atoms. The summed E-state index contributed by atoms with van der Waals surface area (Å²) in [7, 11) is 0. The Morgan fingerprint density at radius 3 is 2.81 bits per heavy atom. The van der Waals surface area contributed by atoms with Gasteiger partial charge in [-0.15, -0.1) is 0 Å². The van der Waals surface area contributed by atoms with Gasteiger partial charge in [0, 0.05) is 0 Å². The molecule has 21 heavy (non-hydrogen) atoms. The molecule has 0 aromatic heterocycles. The molecule has 4 rings (SSSR count). The molecule has 3 heteroatoms. The van der Waals surface area contributed by atoms with Crippen molar-refractivity contribution in [3.05, 3.63) is 29.3 Å². The van der Waals surface area contributed by atoms with Crippen LogP contribution in [0.5, 0.6) is 5.75 Å². The topological polar surface area (TPSA) is 60.7 Å². The standard InChI is InChI=1S/C18H24O3/c1-18-7-6-13-12-5-3-11(19)8-10(12)2-4-14(13)15(18)9-16(20)17(18)21/h3,5,8,13-17,19-21H,2,4,6-7,9H2,1H3/t13?,14?,15?,16-,17+,18-/m0/s1. The van der Waals surface area contributed by atoms with Gasteiger partial charge in [-0.1, -0.05) is 13.0 Å². The van der Waals surface area contributed by atoms with Gasteiger partial charge < -0.3 is 15.3 Å². The Labute approximate surface area is 125 Å². The molecule has 0 aliphatic heterocycles. The fourth-order valence-corrected chi connectivity index (χ4v) is 5.56. The molecule has 3 aliphatic rings. The van der Waals surface area contributed by atoms with Crippen molar-refractivity contribution in [1.82, 2.24) is 0 Å². The summed E-state index contributed by atoms with van der Waals surface area (Å²) in [6.07, 6.45) is 3.80. The van der Waals surface area contributed by atoms with Gasteiger partial charge in [-0.2, -0.15) is 0 Å². The van der Waals surface area contributed by atoms with E-state index in [2.05, 4.69) is 13.0 Å². The van der Waals surface area contributed by atoms with E-state index >= 15 is 0 Å². The monoisotopic (exact) mass is 288 g/mol. The second-order valence-electron chi connectivity index (χ2n) is 7.59. The van der Waals surface area contributed by atoms with Crippen LogP contribution in [-0.4, -0.2) is 27.5 Å². The zero-order valence-corrected chi connectivity index (χ0v) is 12.5. The fraction of sp³-hybridized carbons (Fsp3) is 0.667. The predicted octanol–water partition coefficient (Wildman–Crippen LogP) is 2.58. The van der Waals surface area contributed by atoms with Gasteiger partial charge in [-0.25, -0.2) is 0 Å². The maximum Gasteiger partial charge on any atom is 0.115 e. The molecule has 0 heterocycles. The third kappa shape index (κ3) is 1.80. The van der Waals surface area contributed by atoms with Crippen LogP contribution in [0, 0.1) is 17.3 Å². The molecular formula is C18H24O3. The molecule has 3 aliphatic carbocycles. The average molecular weight is 288 g/mol. The first-order valence-corrected chi connectivity index (χ1v) is 8.18. The van der Waals surface area contributed by atoms with Crippen LogP contribution in [0.3, 0.4) is 0 Å². The maximum absolute atomic E-state index is 10.4. The van der Waals surface area contributed by atoms with E-state index in [9.17, 15) is 15.3 Å². The van der Waals surface area contributed by atoms with Gasteiger partial charge in [0.15, 0.2) is 0 Å². The highest BCUT2D eigenvalue weighted by atomic mass is 16.3. The lowest BCUT2D eigenvalue weighted by Gasteiger charge is -2.49. The Morgan fingerprint density at radius 1 is 1.19 bits per heavy atom. The normalized spacial score (nSPS) is 44.8. The van der Waals surface area contributed by atoms with E-state index in [1.54, 1.807) is 6.07 Å². The molecule has 6 atom stereocenters. The molecular weight excluding hydrogens is 264 g/mol. The van der Waals surface area contributed by atoms with Crippen molar-refractivity contribution >= 4 is 0 Å². The van der Waals surface area contributed by atoms with Crippen LogP contribution >= 0.6 is 0 Å². The summed E-state index contributed by atoms with van der Waals surface area (Å²) >= 11 is 0. The second kappa shape index (κ2) is 4.47. The van der Waals surface area contributed by atoms with Gasteiger partial charge in [-0.05, 0) is 78.5 Å². The maximum atomic E-state index is 10.4. The van der Waals surface area contributed by atoms with E-state index in [1.165, 1.54) is 11.1 Å². The Balaban J connectivity index is 1.71. The van der Waals surface area contributed by atoms with Crippen LogP contribution in [0.2, 0.25) is 0 Å². The minimum absolute atomic E-state index is 0.116.